The molecule has 3 saturated heterocycles. The van der Waals surface area contributed by atoms with Crippen molar-refractivity contribution in [2.75, 3.05) is 99.6 Å². The van der Waals surface area contributed by atoms with E-state index in [0.717, 1.165) is 0 Å². The molecule has 0 spiro atoms. The van der Waals surface area contributed by atoms with Crippen LogP contribution in [0.4, 0.5) is 17.6 Å². The second-order valence-electron chi connectivity index (χ2n) is 26.5. The minimum atomic E-state index is -3.33. The molecule has 9 heterocycles. The number of nitrogens with zero attached hydrogens (tertiary/aromatic N) is 9. The molecule has 8 atom stereocenters. The number of morpholine rings is 3. The zero-order chi connectivity index (χ0) is 80.5. The second kappa shape index (κ2) is 40.3. The Morgan fingerprint density at radius 2 is 1.08 bits per heavy atom. The van der Waals surface area contributed by atoms with E-state index in [0.29, 0.717) is 175 Å². The van der Waals surface area contributed by atoms with Gasteiger partial charge >= 0.3 is 35.8 Å². The minimum Gasteiger partial charge on any atom is -0.481 e. The van der Waals surface area contributed by atoms with Gasteiger partial charge in [0.1, 0.15) is 36.2 Å². The number of methoxy groups -OCH3 is 2. The number of hydrogen-bond acceptors (Lipinski definition) is 27. The lowest BCUT2D eigenvalue weighted by Gasteiger charge is -2.38. The lowest BCUT2D eigenvalue weighted by molar-refractivity contribution is -0.146. The number of ether oxygens (including phenoxy) is 6. The Bertz CT molecular complexity index is 4570. The van der Waals surface area contributed by atoms with Crippen LogP contribution in [0.1, 0.15) is 103 Å². The monoisotopic (exact) mass is 1780 g/mol. The molecule has 0 aliphatic carbocycles. The van der Waals surface area contributed by atoms with Gasteiger partial charge in [0, 0.05) is 141 Å². The van der Waals surface area contributed by atoms with E-state index in [1.165, 1.54) is 72.5 Å². The standard InChI is InChI=1S/C26H28Cl2F2N4O5S.2C24H26BrFN4O5S/c1-2-38-25(37)21-19(14-34-8-9-39-16(13-34)5-6-26(29,30)12-20(35)36)32-23(24-31-7-10-40-24)33-22(21)17-4-3-15(27)11-18(17)28;1-13(23(31)32)9-15-12-35-7-6-30(15)11-18-19(24(33)34-2)20(16-4-3-14(26)10-17(16)25)29-21(28-18)22-27-5-8-36-22;1-13(23(31)32)9-15-11-30(6-7-35-15)12-18-19(24(33)34-2)20(16-4-3-14(26)10-17(16)25)29-21(28-18)22-27-5-8-36-22/h3-4,7,10-11,16,22H,2,5-6,8-9,12-14H2,1H3,(H,32,33)(H,35,36);2*3-5,8,10,13,15,20H,6-7,9,11-12H2,1-2H3,(H,28,29)(H,31,32)/t16-,22+;2*13?,15-,20+/m111/s1. The predicted octanol–water partition coefficient (Wildman–Crippen LogP) is 11.7. The number of thiazole rings is 3. The van der Waals surface area contributed by atoms with E-state index < -0.39 is 102 Å². The molecule has 112 heavy (non-hydrogen) atoms. The third-order valence-electron chi connectivity index (χ3n) is 18.6. The van der Waals surface area contributed by atoms with Crippen LogP contribution in [0.5, 0.6) is 0 Å². The molecule has 6 aliphatic rings. The van der Waals surface area contributed by atoms with Crippen molar-refractivity contribution >= 4 is 142 Å². The number of hydrogen-bond donors (Lipinski definition) is 6. The number of aliphatic carboxylic acids is 3. The molecule has 0 saturated carbocycles. The van der Waals surface area contributed by atoms with Crippen LogP contribution in [-0.2, 0) is 57.2 Å². The lowest BCUT2D eigenvalue weighted by atomic mass is 9.94. The number of esters is 3. The van der Waals surface area contributed by atoms with Gasteiger partial charge in [-0.15, -0.1) is 34.0 Å². The number of rotatable bonds is 27. The van der Waals surface area contributed by atoms with Crippen molar-refractivity contribution in [1.82, 2.24) is 45.6 Å². The normalized spacial score (nSPS) is 21.0. The summed E-state index contributed by atoms with van der Waals surface area (Å²) in [5, 5.41) is 45.4. The van der Waals surface area contributed by atoms with Crippen LogP contribution in [0.25, 0.3) is 0 Å². The van der Waals surface area contributed by atoms with E-state index in [-0.39, 0.29) is 43.9 Å². The number of carboxylic acids is 3. The number of halogens is 8. The van der Waals surface area contributed by atoms with E-state index in [4.69, 9.17) is 71.7 Å². The molecule has 3 fully saturated rings. The van der Waals surface area contributed by atoms with E-state index >= 15 is 0 Å². The van der Waals surface area contributed by atoms with E-state index in [1.807, 2.05) is 15.7 Å². The third-order valence-corrected chi connectivity index (χ3v) is 22.9. The Kier molecular flexibility index (Phi) is 31.1. The Labute approximate surface area is 680 Å². The second-order valence-corrected chi connectivity index (χ2v) is 31.7. The molecular formula is C74H80Br2Cl2F4N12O15S3. The summed E-state index contributed by atoms with van der Waals surface area (Å²) in [6, 6.07) is 10.9. The summed E-state index contributed by atoms with van der Waals surface area (Å²) in [7, 11) is 2.61. The van der Waals surface area contributed by atoms with Gasteiger partial charge in [-0.2, -0.15) is 0 Å². The number of nitrogens with one attached hydrogen (secondary N) is 3. The van der Waals surface area contributed by atoms with Gasteiger partial charge in [0.15, 0.2) is 32.5 Å². The van der Waals surface area contributed by atoms with Crippen molar-refractivity contribution in [1.29, 1.82) is 0 Å². The topological polar surface area (TPSA) is 340 Å². The van der Waals surface area contributed by atoms with Crippen molar-refractivity contribution in [2.24, 2.45) is 26.8 Å². The predicted molar refractivity (Wildman–Crippen MR) is 418 cm³/mol. The molecule has 6 N–H and O–H groups in total. The summed E-state index contributed by atoms with van der Waals surface area (Å²) in [6.45, 7) is 10.1. The average molecular weight is 1780 g/mol. The molecule has 38 heteroatoms. The van der Waals surface area contributed by atoms with Crippen LogP contribution >= 0.6 is 89.1 Å². The van der Waals surface area contributed by atoms with Gasteiger partial charge < -0.3 is 59.7 Å². The minimum absolute atomic E-state index is 0.0111. The van der Waals surface area contributed by atoms with Crippen LogP contribution in [0.15, 0.2) is 147 Å². The summed E-state index contributed by atoms with van der Waals surface area (Å²) in [5.41, 5.74) is 4.32. The average Bonchev–Trinajstić information content (AvgIpc) is 1.52. The summed E-state index contributed by atoms with van der Waals surface area (Å²) < 4.78 is 89.5. The molecule has 2 unspecified atom stereocenters. The Morgan fingerprint density at radius 3 is 1.53 bits per heavy atom. The van der Waals surface area contributed by atoms with E-state index in [2.05, 4.69) is 72.6 Å². The first-order chi connectivity index (χ1) is 53.6. The highest BCUT2D eigenvalue weighted by molar-refractivity contribution is 9.10. The molecule has 0 bridgehead atoms. The number of benzene rings is 3. The van der Waals surface area contributed by atoms with Crippen molar-refractivity contribution in [3.05, 3.63) is 185 Å². The molecular weight excluding hydrogens is 1700 g/mol. The van der Waals surface area contributed by atoms with Gasteiger partial charge in [0.25, 0.3) is 5.92 Å². The largest absolute Gasteiger partial charge is 0.481 e. The number of aromatic nitrogens is 3. The quantitative estimate of drug-likeness (QED) is 0.0158. The maximum atomic E-state index is 14.0. The van der Waals surface area contributed by atoms with Gasteiger partial charge in [0.2, 0.25) is 0 Å². The van der Waals surface area contributed by atoms with Crippen LogP contribution in [0.2, 0.25) is 10.0 Å². The fraction of sp³-hybridized carbons (Fsp3) is 0.432. The number of carbonyl (C=O) groups excluding carboxylic acids is 3. The summed E-state index contributed by atoms with van der Waals surface area (Å²) in [5.74, 6) is -8.78. The Morgan fingerprint density at radius 1 is 0.625 bits per heavy atom. The fourth-order valence-corrected chi connectivity index (χ4v) is 16.5. The fourth-order valence-electron chi connectivity index (χ4n) is 13.1. The number of aliphatic imine (C=N–C) groups is 3. The summed E-state index contributed by atoms with van der Waals surface area (Å²) >= 11 is 23.7. The van der Waals surface area contributed by atoms with Gasteiger partial charge in [-0.25, -0.2) is 46.9 Å². The van der Waals surface area contributed by atoms with Gasteiger partial charge in [-0.3, -0.25) is 44.1 Å². The van der Waals surface area contributed by atoms with E-state index in [1.54, 1.807) is 75.1 Å². The van der Waals surface area contributed by atoms with Crippen molar-refractivity contribution in [3.8, 4) is 0 Å². The summed E-state index contributed by atoms with van der Waals surface area (Å²) in [6.07, 6.45) is 3.15. The smallest absolute Gasteiger partial charge is 0.338 e. The zero-order valence-electron chi connectivity index (χ0n) is 61.0. The third kappa shape index (κ3) is 22.9. The molecule has 6 aromatic rings. The molecule has 0 amide bonds. The Balaban J connectivity index is 0.000000179. The van der Waals surface area contributed by atoms with Crippen LogP contribution in [-0.4, -0.2) is 222 Å². The van der Waals surface area contributed by atoms with Crippen LogP contribution in [0, 0.1) is 23.5 Å². The lowest BCUT2D eigenvalue weighted by Crippen LogP contribution is -2.49. The van der Waals surface area contributed by atoms with Gasteiger partial charge in [-0.1, -0.05) is 87.1 Å². The molecule has 6 aliphatic heterocycles. The molecule has 12 rings (SSSR count). The highest BCUT2D eigenvalue weighted by Gasteiger charge is 2.41. The SMILES string of the molecule is CCOC(=O)C1=C(CN2CCO[C@H](CCC(F)(F)CC(=O)O)C2)NC(c2nccs2)=N[C@H]1c1ccc(Cl)cc1Cl.COC(=O)C1=C(CN2CCOC[C@H]2CC(C)C(=O)O)NC(c2nccs2)=N[C@H]1c1ccc(F)cc1Br.COC(=O)C1=C(CN2CCO[C@H](CC(C)C(=O)O)C2)NC(c2nccs2)=N[C@H]1c1ccc(F)cc1Br. The summed E-state index contributed by atoms with van der Waals surface area (Å²) in [4.78, 5) is 107. The number of alkyl halides is 2. The first-order valence-corrected chi connectivity index (χ1v) is 40.3. The van der Waals surface area contributed by atoms with Gasteiger partial charge in [-0.05, 0) is 73.7 Å². The maximum absolute atomic E-state index is 14.0. The molecule has 0 radical (unpaired) electrons. The Hall–Kier alpha value is -7.98. The molecule has 27 nitrogen and oxygen atoms in total. The molecule has 3 aromatic carbocycles. The highest BCUT2D eigenvalue weighted by Crippen LogP contribution is 2.42. The highest BCUT2D eigenvalue weighted by atomic mass is 79.9. The number of amidine groups is 3. The van der Waals surface area contributed by atoms with Crippen molar-refractivity contribution in [3.63, 3.8) is 0 Å². The van der Waals surface area contributed by atoms with E-state index in [9.17, 15) is 56.5 Å². The zero-order valence-corrected chi connectivity index (χ0v) is 68.2. The molecule has 600 valence electrons. The first-order valence-electron chi connectivity index (χ1n) is 35.3. The van der Waals surface area contributed by atoms with Crippen molar-refractivity contribution < 1.29 is 90.1 Å². The molecule has 3 aromatic heterocycles. The maximum Gasteiger partial charge on any atom is 0.338 e. The van der Waals surface area contributed by atoms with Crippen LogP contribution in [0.3, 0.4) is 0 Å². The van der Waals surface area contributed by atoms with Crippen LogP contribution < -0.4 is 16.0 Å². The van der Waals surface area contributed by atoms with Crippen molar-refractivity contribution in [2.45, 2.75) is 95.2 Å². The van der Waals surface area contributed by atoms with Gasteiger partial charge in [0.05, 0.1) is 88.0 Å². The number of carboxylic acid groups (broad SMARTS) is 3. The number of carbonyl (C=O) groups is 6. The first kappa shape index (κ1) is 86.4.